The van der Waals surface area contributed by atoms with Crippen LogP contribution >= 0.6 is 0 Å². The molecule has 1 aliphatic heterocycles. The number of anilines is 1. The lowest BCUT2D eigenvalue weighted by Crippen LogP contribution is -2.48. The SMILES string of the molecule is COc1ccc(C(=O)N2CCN(c3cccc(F)c3)CC2)cc1. The van der Waals surface area contributed by atoms with Crippen LogP contribution in [0.2, 0.25) is 0 Å². The summed E-state index contributed by atoms with van der Waals surface area (Å²) < 4.78 is 18.4. The molecule has 0 saturated carbocycles. The fraction of sp³-hybridized carbons (Fsp3) is 0.278. The minimum absolute atomic E-state index is 0.0199. The molecular weight excluding hydrogens is 295 g/mol. The van der Waals surface area contributed by atoms with E-state index in [0.717, 1.165) is 11.4 Å². The summed E-state index contributed by atoms with van der Waals surface area (Å²) in [6.07, 6.45) is 0. The highest BCUT2D eigenvalue weighted by molar-refractivity contribution is 5.94. The maximum absolute atomic E-state index is 13.3. The van der Waals surface area contributed by atoms with Crippen LogP contribution in [-0.4, -0.2) is 44.1 Å². The van der Waals surface area contributed by atoms with E-state index in [1.807, 2.05) is 11.0 Å². The first-order valence-electron chi connectivity index (χ1n) is 7.61. The van der Waals surface area contributed by atoms with Gasteiger partial charge in [0.2, 0.25) is 0 Å². The minimum Gasteiger partial charge on any atom is -0.497 e. The normalized spacial score (nSPS) is 14.7. The van der Waals surface area contributed by atoms with Crippen LogP contribution in [0.15, 0.2) is 48.5 Å². The van der Waals surface area contributed by atoms with Gasteiger partial charge >= 0.3 is 0 Å². The number of ether oxygens (including phenoxy) is 1. The molecule has 2 aromatic rings. The Balaban J connectivity index is 1.62. The van der Waals surface area contributed by atoms with E-state index in [-0.39, 0.29) is 11.7 Å². The molecule has 5 heteroatoms. The second-order valence-corrected chi connectivity index (χ2v) is 5.49. The van der Waals surface area contributed by atoms with Crippen LogP contribution < -0.4 is 9.64 Å². The van der Waals surface area contributed by atoms with Crippen LogP contribution in [0.4, 0.5) is 10.1 Å². The van der Waals surface area contributed by atoms with E-state index < -0.39 is 0 Å². The summed E-state index contributed by atoms with van der Waals surface area (Å²) in [7, 11) is 1.60. The molecular formula is C18H19FN2O2. The minimum atomic E-state index is -0.237. The first-order valence-corrected chi connectivity index (χ1v) is 7.61. The van der Waals surface area contributed by atoms with E-state index in [4.69, 9.17) is 4.74 Å². The molecule has 3 rings (SSSR count). The number of carbonyl (C=O) groups is 1. The monoisotopic (exact) mass is 314 g/mol. The standard InChI is InChI=1S/C18H19FN2O2/c1-23-17-7-5-14(6-8-17)18(22)21-11-9-20(10-12-21)16-4-2-3-15(19)13-16/h2-8,13H,9-12H2,1H3. The van der Waals surface area contributed by atoms with E-state index in [1.54, 1.807) is 37.4 Å². The molecule has 0 unspecified atom stereocenters. The van der Waals surface area contributed by atoms with Gasteiger partial charge in [0.15, 0.2) is 0 Å². The molecule has 1 heterocycles. The van der Waals surface area contributed by atoms with E-state index in [1.165, 1.54) is 12.1 Å². The van der Waals surface area contributed by atoms with Gasteiger partial charge in [-0.3, -0.25) is 4.79 Å². The molecule has 0 radical (unpaired) electrons. The lowest BCUT2D eigenvalue weighted by atomic mass is 10.1. The molecule has 1 fully saturated rings. The highest BCUT2D eigenvalue weighted by Gasteiger charge is 2.22. The molecule has 2 aromatic carbocycles. The van der Waals surface area contributed by atoms with Crippen molar-refractivity contribution in [3.8, 4) is 5.75 Å². The fourth-order valence-corrected chi connectivity index (χ4v) is 2.76. The average Bonchev–Trinajstić information content (AvgIpc) is 2.61. The van der Waals surface area contributed by atoms with Crippen molar-refractivity contribution in [2.45, 2.75) is 0 Å². The number of methoxy groups -OCH3 is 1. The van der Waals surface area contributed by atoms with Gasteiger partial charge in [0.25, 0.3) is 5.91 Å². The Labute approximate surface area is 135 Å². The molecule has 0 atom stereocenters. The Kier molecular flexibility index (Phi) is 4.46. The highest BCUT2D eigenvalue weighted by Crippen LogP contribution is 2.19. The van der Waals surface area contributed by atoms with Crippen LogP contribution in [0.1, 0.15) is 10.4 Å². The number of hydrogen-bond acceptors (Lipinski definition) is 3. The molecule has 23 heavy (non-hydrogen) atoms. The lowest BCUT2D eigenvalue weighted by molar-refractivity contribution is 0.0746. The molecule has 1 saturated heterocycles. The fourth-order valence-electron chi connectivity index (χ4n) is 2.76. The predicted octanol–water partition coefficient (Wildman–Crippen LogP) is 2.80. The zero-order valence-corrected chi connectivity index (χ0v) is 13.0. The van der Waals surface area contributed by atoms with E-state index >= 15 is 0 Å². The van der Waals surface area contributed by atoms with Crippen LogP contribution in [0, 0.1) is 5.82 Å². The van der Waals surface area contributed by atoms with Crippen LogP contribution in [0.5, 0.6) is 5.75 Å². The predicted molar refractivity (Wildman–Crippen MR) is 87.5 cm³/mol. The third kappa shape index (κ3) is 3.44. The molecule has 120 valence electrons. The van der Waals surface area contributed by atoms with Crippen LogP contribution in [-0.2, 0) is 0 Å². The molecule has 0 bridgehead atoms. The van der Waals surface area contributed by atoms with Gasteiger partial charge in [-0.05, 0) is 42.5 Å². The maximum atomic E-state index is 13.3. The third-order valence-corrected chi connectivity index (χ3v) is 4.08. The van der Waals surface area contributed by atoms with Gasteiger partial charge in [-0.15, -0.1) is 0 Å². The number of benzene rings is 2. The number of halogens is 1. The summed E-state index contributed by atoms with van der Waals surface area (Å²) in [4.78, 5) is 16.4. The lowest BCUT2D eigenvalue weighted by Gasteiger charge is -2.36. The summed E-state index contributed by atoms with van der Waals surface area (Å²) in [5.74, 6) is 0.517. The van der Waals surface area contributed by atoms with E-state index in [2.05, 4.69) is 4.90 Å². The smallest absolute Gasteiger partial charge is 0.253 e. The Morgan fingerprint density at radius 2 is 1.74 bits per heavy atom. The molecule has 1 amide bonds. The Morgan fingerprint density at radius 1 is 1.04 bits per heavy atom. The largest absolute Gasteiger partial charge is 0.497 e. The first-order chi connectivity index (χ1) is 11.2. The summed E-state index contributed by atoms with van der Waals surface area (Å²) in [5.41, 5.74) is 1.52. The molecule has 1 aliphatic rings. The number of piperazine rings is 1. The topological polar surface area (TPSA) is 32.8 Å². The number of hydrogen-bond donors (Lipinski definition) is 0. The average molecular weight is 314 g/mol. The highest BCUT2D eigenvalue weighted by atomic mass is 19.1. The van der Waals surface area contributed by atoms with Crippen molar-refractivity contribution in [2.75, 3.05) is 38.2 Å². The van der Waals surface area contributed by atoms with Crippen molar-refractivity contribution in [1.82, 2.24) is 4.90 Å². The molecule has 4 nitrogen and oxygen atoms in total. The van der Waals surface area contributed by atoms with Gasteiger partial charge in [-0.2, -0.15) is 0 Å². The van der Waals surface area contributed by atoms with Gasteiger partial charge in [-0.25, -0.2) is 4.39 Å². The van der Waals surface area contributed by atoms with E-state index in [0.29, 0.717) is 31.7 Å². The van der Waals surface area contributed by atoms with Gasteiger partial charge in [-0.1, -0.05) is 6.07 Å². The number of nitrogens with zero attached hydrogens (tertiary/aromatic N) is 2. The third-order valence-electron chi connectivity index (χ3n) is 4.08. The zero-order valence-electron chi connectivity index (χ0n) is 13.0. The van der Waals surface area contributed by atoms with Crippen LogP contribution in [0.25, 0.3) is 0 Å². The Hall–Kier alpha value is -2.56. The molecule has 0 aromatic heterocycles. The van der Waals surface area contributed by atoms with Gasteiger partial charge < -0.3 is 14.5 Å². The van der Waals surface area contributed by atoms with Crippen molar-refractivity contribution in [2.24, 2.45) is 0 Å². The summed E-state index contributed by atoms with van der Waals surface area (Å²) in [6, 6.07) is 13.7. The van der Waals surface area contributed by atoms with Crippen molar-refractivity contribution in [3.63, 3.8) is 0 Å². The Morgan fingerprint density at radius 3 is 2.35 bits per heavy atom. The quantitative estimate of drug-likeness (QED) is 0.873. The molecule has 0 spiro atoms. The zero-order chi connectivity index (χ0) is 16.2. The van der Waals surface area contributed by atoms with Crippen LogP contribution in [0.3, 0.4) is 0 Å². The number of amides is 1. The summed E-state index contributed by atoms with van der Waals surface area (Å²) >= 11 is 0. The molecule has 0 N–H and O–H groups in total. The maximum Gasteiger partial charge on any atom is 0.253 e. The van der Waals surface area contributed by atoms with Gasteiger partial charge in [0.1, 0.15) is 11.6 Å². The summed E-state index contributed by atoms with van der Waals surface area (Å²) in [5, 5.41) is 0. The first kappa shape index (κ1) is 15.3. The van der Waals surface area contributed by atoms with Gasteiger partial charge in [0, 0.05) is 37.4 Å². The summed E-state index contributed by atoms with van der Waals surface area (Å²) in [6.45, 7) is 2.65. The van der Waals surface area contributed by atoms with Crippen molar-refractivity contribution in [1.29, 1.82) is 0 Å². The van der Waals surface area contributed by atoms with E-state index in [9.17, 15) is 9.18 Å². The second kappa shape index (κ2) is 6.69. The van der Waals surface area contributed by atoms with Crippen molar-refractivity contribution < 1.29 is 13.9 Å². The number of carbonyl (C=O) groups excluding carboxylic acids is 1. The Bertz CT molecular complexity index is 680. The molecule has 0 aliphatic carbocycles. The second-order valence-electron chi connectivity index (χ2n) is 5.49. The number of rotatable bonds is 3. The van der Waals surface area contributed by atoms with Gasteiger partial charge in [0.05, 0.1) is 7.11 Å². The van der Waals surface area contributed by atoms with Crippen molar-refractivity contribution in [3.05, 3.63) is 59.9 Å². The van der Waals surface area contributed by atoms with Crippen molar-refractivity contribution >= 4 is 11.6 Å².